The van der Waals surface area contributed by atoms with E-state index in [-0.39, 0.29) is 24.6 Å². The summed E-state index contributed by atoms with van der Waals surface area (Å²) >= 11 is 12.4. The predicted octanol–water partition coefficient (Wildman–Crippen LogP) is 6.49. The van der Waals surface area contributed by atoms with Gasteiger partial charge in [-0.3, -0.25) is 0 Å². The minimum absolute atomic E-state index is 0.0602. The quantitative estimate of drug-likeness (QED) is 0.319. The van der Waals surface area contributed by atoms with E-state index in [0.717, 1.165) is 11.1 Å². The van der Waals surface area contributed by atoms with Crippen LogP contribution in [0.5, 0.6) is 0 Å². The number of nitrogens with zero attached hydrogens (tertiary/aromatic N) is 1. The Hall–Kier alpha value is -2.38. The molecule has 0 amide bonds. The van der Waals surface area contributed by atoms with Crippen molar-refractivity contribution in [3.63, 3.8) is 0 Å². The number of carbonyl (C=O) groups excluding carboxylic acids is 1. The Balaban J connectivity index is 2.03. The Morgan fingerprint density at radius 1 is 0.912 bits per heavy atom. The summed E-state index contributed by atoms with van der Waals surface area (Å²) in [5.41, 5.74) is 4.14. The van der Waals surface area contributed by atoms with Crippen LogP contribution in [-0.4, -0.2) is 25.3 Å². The molecular formula is C26H27Cl2NO4S. The lowest BCUT2D eigenvalue weighted by atomic mass is 10.1. The maximum absolute atomic E-state index is 13.9. The van der Waals surface area contributed by atoms with Gasteiger partial charge in [0.25, 0.3) is 0 Å². The van der Waals surface area contributed by atoms with Crippen molar-refractivity contribution in [2.45, 2.75) is 45.7 Å². The summed E-state index contributed by atoms with van der Waals surface area (Å²) in [6.45, 7) is 7.72. The highest BCUT2D eigenvalue weighted by Crippen LogP contribution is 2.30. The number of rotatable bonds is 8. The van der Waals surface area contributed by atoms with Crippen LogP contribution in [0.2, 0.25) is 10.0 Å². The first kappa shape index (κ1) is 26.2. The van der Waals surface area contributed by atoms with Crippen molar-refractivity contribution < 1.29 is 17.9 Å². The van der Waals surface area contributed by atoms with E-state index in [1.165, 1.54) is 4.31 Å². The summed E-state index contributed by atoms with van der Waals surface area (Å²) in [7, 11) is -3.89. The average molecular weight is 520 g/mol. The van der Waals surface area contributed by atoms with Gasteiger partial charge in [0.1, 0.15) is 0 Å². The Bertz CT molecular complexity index is 1280. The van der Waals surface area contributed by atoms with E-state index < -0.39 is 16.0 Å². The number of benzene rings is 3. The summed E-state index contributed by atoms with van der Waals surface area (Å²) in [5.74, 6) is -0.419. The molecule has 5 nitrogen and oxygen atoms in total. The third-order valence-corrected chi connectivity index (χ3v) is 8.07. The van der Waals surface area contributed by atoms with E-state index in [4.69, 9.17) is 27.9 Å². The molecule has 0 atom stereocenters. The van der Waals surface area contributed by atoms with Crippen molar-refractivity contribution in [3.8, 4) is 0 Å². The van der Waals surface area contributed by atoms with Crippen LogP contribution in [0.4, 0.5) is 0 Å². The van der Waals surface area contributed by atoms with Gasteiger partial charge in [-0.25, -0.2) is 13.2 Å². The van der Waals surface area contributed by atoms with Gasteiger partial charge in [-0.15, -0.1) is 0 Å². The fourth-order valence-electron chi connectivity index (χ4n) is 3.93. The Kier molecular flexibility index (Phi) is 8.42. The monoisotopic (exact) mass is 519 g/mol. The van der Waals surface area contributed by atoms with E-state index in [9.17, 15) is 13.2 Å². The molecule has 3 rings (SSSR count). The molecule has 0 bridgehead atoms. The lowest BCUT2D eigenvalue weighted by Crippen LogP contribution is -2.31. The van der Waals surface area contributed by atoms with Gasteiger partial charge in [-0.05, 0) is 74.2 Å². The molecular weight excluding hydrogens is 493 g/mol. The minimum atomic E-state index is -3.89. The molecule has 0 fully saturated rings. The Morgan fingerprint density at radius 3 is 2.09 bits per heavy atom. The van der Waals surface area contributed by atoms with E-state index in [2.05, 4.69) is 0 Å². The van der Waals surface area contributed by atoms with Gasteiger partial charge in [0.15, 0.2) is 0 Å². The van der Waals surface area contributed by atoms with Crippen molar-refractivity contribution >= 4 is 39.2 Å². The third kappa shape index (κ3) is 5.99. The molecule has 3 aromatic carbocycles. The van der Waals surface area contributed by atoms with Gasteiger partial charge in [0.05, 0.1) is 17.1 Å². The molecule has 0 heterocycles. The average Bonchev–Trinajstić information content (AvgIpc) is 2.74. The molecule has 180 valence electrons. The second-order valence-corrected chi connectivity index (χ2v) is 10.9. The maximum Gasteiger partial charge on any atom is 0.338 e. The first-order valence-electron chi connectivity index (χ1n) is 10.8. The van der Waals surface area contributed by atoms with E-state index in [0.29, 0.717) is 32.3 Å². The summed E-state index contributed by atoms with van der Waals surface area (Å²) in [5, 5.41) is 0.866. The topological polar surface area (TPSA) is 63.7 Å². The molecule has 0 radical (unpaired) electrons. The SMILES string of the molecule is CCOC(=O)c1ccc(CN(Cc2ccc(Cl)cc2Cl)S(=O)(=O)c2c(C)cc(C)cc2C)cc1. The van der Waals surface area contributed by atoms with E-state index >= 15 is 0 Å². The Labute approximate surface area is 211 Å². The van der Waals surface area contributed by atoms with Gasteiger partial charge < -0.3 is 4.74 Å². The van der Waals surface area contributed by atoms with Crippen molar-refractivity contribution in [1.29, 1.82) is 0 Å². The molecule has 0 aliphatic carbocycles. The smallest absolute Gasteiger partial charge is 0.338 e. The number of esters is 1. The van der Waals surface area contributed by atoms with Crippen LogP contribution < -0.4 is 0 Å². The van der Waals surface area contributed by atoms with Crippen molar-refractivity contribution in [2.24, 2.45) is 0 Å². The van der Waals surface area contributed by atoms with Crippen LogP contribution in [0, 0.1) is 20.8 Å². The first-order chi connectivity index (χ1) is 16.0. The number of hydrogen-bond donors (Lipinski definition) is 0. The zero-order valence-corrected chi connectivity index (χ0v) is 21.9. The van der Waals surface area contributed by atoms with Crippen LogP contribution in [0.25, 0.3) is 0 Å². The zero-order chi connectivity index (χ0) is 25.0. The van der Waals surface area contributed by atoms with Gasteiger partial charge in [0, 0.05) is 23.1 Å². The lowest BCUT2D eigenvalue weighted by Gasteiger charge is -2.25. The lowest BCUT2D eigenvalue weighted by molar-refractivity contribution is 0.0526. The van der Waals surface area contributed by atoms with Gasteiger partial charge in [0.2, 0.25) is 10.0 Å². The molecule has 0 N–H and O–H groups in total. The fourth-order valence-corrected chi connectivity index (χ4v) is 6.22. The normalized spacial score (nSPS) is 11.6. The molecule has 0 saturated carbocycles. The van der Waals surface area contributed by atoms with Crippen molar-refractivity contribution in [2.75, 3.05) is 6.61 Å². The molecule has 0 saturated heterocycles. The predicted molar refractivity (Wildman–Crippen MR) is 136 cm³/mol. The first-order valence-corrected chi connectivity index (χ1v) is 13.0. The summed E-state index contributed by atoms with van der Waals surface area (Å²) in [6, 6.07) is 15.5. The van der Waals surface area contributed by atoms with Gasteiger partial charge >= 0.3 is 5.97 Å². The number of carbonyl (C=O) groups is 1. The van der Waals surface area contributed by atoms with Crippen LogP contribution in [-0.2, 0) is 27.8 Å². The highest BCUT2D eigenvalue weighted by molar-refractivity contribution is 7.89. The highest BCUT2D eigenvalue weighted by atomic mass is 35.5. The highest BCUT2D eigenvalue weighted by Gasteiger charge is 2.29. The molecule has 8 heteroatoms. The van der Waals surface area contributed by atoms with Crippen LogP contribution in [0.3, 0.4) is 0 Å². The summed E-state index contributed by atoms with van der Waals surface area (Å²) in [4.78, 5) is 12.3. The second-order valence-electron chi connectivity index (χ2n) is 8.15. The molecule has 34 heavy (non-hydrogen) atoms. The molecule has 0 spiro atoms. The van der Waals surface area contributed by atoms with Crippen molar-refractivity contribution in [3.05, 3.63) is 98.0 Å². The molecule has 0 aliphatic rings. The zero-order valence-electron chi connectivity index (χ0n) is 19.6. The second kappa shape index (κ2) is 10.9. The van der Waals surface area contributed by atoms with Gasteiger partial charge in [-0.1, -0.05) is 59.1 Å². The largest absolute Gasteiger partial charge is 0.462 e. The molecule has 0 aromatic heterocycles. The summed E-state index contributed by atoms with van der Waals surface area (Å²) in [6.07, 6.45) is 0. The number of sulfonamides is 1. The fraction of sp³-hybridized carbons (Fsp3) is 0.269. The number of aryl methyl sites for hydroxylation is 3. The number of hydrogen-bond acceptors (Lipinski definition) is 4. The van der Waals surface area contributed by atoms with E-state index in [1.807, 2.05) is 19.1 Å². The third-order valence-electron chi connectivity index (χ3n) is 5.39. The number of ether oxygens (including phenoxy) is 1. The molecule has 0 unspecified atom stereocenters. The summed E-state index contributed by atoms with van der Waals surface area (Å²) < 4.78 is 34.3. The van der Waals surface area contributed by atoms with E-state index in [1.54, 1.807) is 63.2 Å². The molecule has 0 aliphatic heterocycles. The Morgan fingerprint density at radius 2 is 1.53 bits per heavy atom. The standard InChI is InChI=1S/C26H27Cl2NO4S/c1-5-33-26(30)21-8-6-20(7-9-21)15-29(16-22-10-11-23(27)14-24(22)28)34(31,32)25-18(3)12-17(2)13-19(25)4/h6-14H,5,15-16H2,1-4H3. The molecule has 3 aromatic rings. The maximum atomic E-state index is 13.9. The minimum Gasteiger partial charge on any atom is -0.462 e. The van der Waals surface area contributed by atoms with Crippen LogP contribution in [0.15, 0.2) is 59.5 Å². The van der Waals surface area contributed by atoms with Gasteiger partial charge in [-0.2, -0.15) is 4.31 Å². The number of halogens is 2. The van der Waals surface area contributed by atoms with Crippen LogP contribution >= 0.6 is 23.2 Å². The van der Waals surface area contributed by atoms with Crippen molar-refractivity contribution in [1.82, 2.24) is 4.31 Å². The van der Waals surface area contributed by atoms with Crippen LogP contribution in [0.1, 0.15) is 45.1 Å².